The number of hydrogen-bond acceptors (Lipinski definition) is 8. The number of imide groups is 1. The normalized spacial score (nSPS) is 19.3. The molecule has 1 saturated heterocycles. The number of non-ortho nitro benzene ring substituents is 1. The average molecular weight is 663 g/mol. The summed E-state index contributed by atoms with van der Waals surface area (Å²) in [5.41, 5.74) is 2.32. The van der Waals surface area contributed by atoms with Gasteiger partial charge in [0.05, 0.1) is 21.6 Å². The largest absolute Gasteiger partial charge is 0.325 e. The molecule has 0 saturated carbocycles. The van der Waals surface area contributed by atoms with Crippen LogP contribution in [0.5, 0.6) is 0 Å². The van der Waals surface area contributed by atoms with Crippen molar-refractivity contribution < 1.29 is 19.3 Å². The Balaban J connectivity index is 1.41. The summed E-state index contributed by atoms with van der Waals surface area (Å²) in [4.78, 5) is 66.4. The van der Waals surface area contributed by atoms with Crippen LogP contribution in [0.1, 0.15) is 42.7 Å². The summed E-state index contributed by atoms with van der Waals surface area (Å²) >= 11 is 8.02. The second kappa shape index (κ2) is 11.6. The number of nitro benzene ring substituents is 1. The van der Waals surface area contributed by atoms with E-state index in [0.717, 1.165) is 39.1 Å². The van der Waals surface area contributed by atoms with Crippen LogP contribution in [0.4, 0.5) is 17.1 Å². The molecule has 0 aliphatic carbocycles. The highest BCUT2D eigenvalue weighted by Gasteiger charge is 2.56. The van der Waals surface area contributed by atoms with E-state index in [0.29, 0.717) is 20.6 Å². The van der Waals surface area contributed by atoms with Gasteiger partial charge in [-0.3, -0.25) is 33.9 Å². The van der Waals surface area contributed by atoms with E-state index >= 15 is 0 Å². The maximum atomic E-state index is 14.1. The lowest BCUT2D eigenvalue weighted by molar-refractivity contribution is -0.384. The zero-order chi connectivity index (χ0) is 32.2. The number of nitrogens with zero attached hydrogens (tertiary/aromatic N) is 3. The number of halogens is 1. The molecule has 230 valence electrons. The Morgan fingerprint density at radius 2 is 1.60 bits per heavy atom. The number of carbonyl (C=O) groups is 3. The lowest BCUT2D eigenvalue weighted by atomic mass is 9.81. The third-order valence-electron chi connectivity index (χ3n) is 7.93. The van der Waals surface area contributed by atoms with Gasteiger partial charge in [-0.25, -0.2) is 4.90 Å². The molecule has 1 N–H and O–H groups in total. The molecule has 3 aromatic carbocycles. The summed E-state index contributed by atoms with van der Waals surface area (Å²) < 4.78 is 1.36. The molecule has 2 aliphatic heterocycles. The van der Waals surface area contributed by atoms with E-state index < -0.39 is 39.7 Å². The Morgan fingerprint density at radius 3 is 2.20 bits per heavy atom. The van der Waals surface area contributed by atoms with Gasteiger partial charge in [0.2, 0.25) is 17.7 Å². The van der Waals surface area contributed by atoms with E-state index in [-0.39, 0.29) is 28.2 Å². The lowest BCUT2D eigenvalue weighted by Gasteiger charge is -2.31. The van der Waals surface area contributed by atoms with Crippen molar-refractivity contribution in [3.05, 3.63) is 114 Å². The predicted octanol–water partition coefficient (Wildman–Crippen LogP) is 6.20. The topological polar surface area (TPSA) is 132 Å². The van der Waals surface area contributed by atoms with Crippen molar-refractivity contribution in [2.75, 3.05) is 10.2 Å². The molecule has 3 unspecified atom stereocenters. The number of benzene rings is 3. The fourth-order valence-electron chi connectivity index (χ4n) is 5.66. The number of amides is 3. The Kier molecular flexibility index (Phi) is 7.92. The number of nitrogens with one attached hydrogen (secondary N) is 1. The summed E-state index contributed by atoms with van der Waals surface area (Å²) in [6.07, 6.45) is 0. The molecule has 13 heteroatoms. The van der Waals surface area contributed by atoms with Crippen LogP contribution in [0, 0.1) is 16.0 Å². The van der Waals surface area contributed by atoms with Crippen LogP contribution in [0.3, 0.4) is 0 Å². The van der Waals surface area contributed by atoms with Crippen LogP contribution in [0.2, 0.25) is 5.02 Å². The monoisotopic (exact) mass is 662 g/mol. The summed E-state index contributed by atoms with van der Waals surface area (Å²) in [5.74, 6) is -2.83. The number of thiazole rings is 1. The Morgan fingerprint density at radius 1 is 0.956 bits per heavy atom. The van der Waals surface area contributed by atoms with Gasteiger partial charge in [0.25, 0.3) is 5.69 Å². The van der Waals surface area contributed by atoms with E-state index in [1.54, 1.807) is 24.3 Å². The summed E-state index contributed by atoms with van der Waals surface area (Å²) in [6, 6.07) is 19.7. The predicted molar refractivity (Wildman–Crippen MR) is 174 cm³/mol. The van der Waals surface area contributed by atoms with Crippen molar-refractivity contribution in [3.8, 4) is 0 Å². The first-order chi connectivity index (χ1) is 21.3. The fourth-order valence-corrected chi connectivity index (χ4v) is 8.56. The van der Waals surface area contributed by atoms with Crippen LogP contribution in [0.15, 0.2) is 82.6 Å². The van der Waals surface area contributed by atoms with Gasteiger partial charge in [0.1, 0.15) is 11.8 Å². The van der Waals surface area contributed by atoms with E-state index in [1.165, 1.54) is 28.8 Å². The molecule has 0 bridgehead atoms. The molecule has 3 atom stereocenters. The highest BCUT2D eigenvalue weighted by molar-refractivity contribution is 8.00. The smallest absolute Gasteiger partial charge is 0.308 e. The van der Waals surface area contributed by atoms with Gasteiger partial charge < -0.3 is 5.32 Å². The minimum atomic E-state index is -0.882. The second-order valence-corrected chi connectivity index (χ2v) is 14.4. The standard InChI is InChI=1S/C32H27ClN4O6S2/c1-32(2,3)18-6-4-17(5-7-18)24-25-26(29(40)36(28(25)39)21-12-14-22(15-13-21)37(42)43)44-30-27(24)45-31(41)35(30)16-23(38)34-20-10-8-19(33)9-11-20/h4-15,24-26H,16H2,1-3H3,(H,34,38). The molecule has 10 nitrogen and oxygen atoms in total. The number of nitro groups is 1. The van der Waals surface area contributed by atoms with Crippen LogP contribution in [-0.4, -0.2) is 32.5 Å². The second-order valence-electron chi connectivity index (χ2n) is 11.9. The van der Waals surface area contributed by atoms with Crippen LogP contribution in [0.25, 0.3) is 0 Å². The SMILES string of the molecule is CC(C)(C)c1ccc(C2c3sc(=O)n(CC(=O)Nc4ccc(Cl)cc4)c3SC3C(=O)N(c4ccc([N+](=O)[O-])cc4)C(=O)C32)cc1. The highest BCUT2D eigenvalue weighted by atomic mass is 35.5. The zero-order valence-electron chi connectivity index (χ0n) is 24.4. The quantitative estimate of drug-likeness (QED) is 0.148. The first kappa shape index (κ1) is 30.8. The number of carbonyl (C=O) groups excluding carboxylic acids is 3. The first-order valence-electron chi connectivity index (χ1n) is 14.0. The number of anilines is 2. The van der Waals surface area contributed by atoms with E-state index in [9.17, 15) is 29.3 Å². The van der Waals surface area contributed by atoms with Crippen molar-refractivity contribution >= 4 is 69.5 Å². The van der Waals surface area contributed by atoms with Gasteiger partial charge in [0, 0.05) is 33.6 Å². The number of fused-ring (bicyclic) bond motifs is 2. The Labute approximate surface area is 271 Å². The van der Waals surface area contributed by atoms with Gasteiger partial charge in [0.15, 0.2) is 0 Å². The van der Waals surface area contributed by atoms with Crippen molar-refractivity contribution in [2.45, 2.75) is 48.9 Å². The summed E-state index contributed by atoms with van der Waals surface area (Å²) in [7, 11) is 0. The Hall–Kier alpha value is -4.26. The summed E-state index contributed by atoms with van der Waals surface area (Å²) in [5, 5.41) is 14.1. The third kappa shape index (κ3) is 5.69. The molecule has 0 spiro atoms. The summed E-state index contributed by atoms with van der Waals surface area (Å²) in [6.45, 7) is 5.99. The molecule has 45 heavy (non-hydrogen) atoms. The van der Waals surface area contributed by atoms with E-state index in [2.05, 4.69) is 26.1 Å². The van der Waals surface area contributed by atoms with Crippen molar-refractivity contribution in [1.82, 2.24) is 4.57 Å². The van der Waals surface area contributed by atoms with Crippen LogP contribution < -0.4 is 15.1 Å². The van der Waals surface area contributed by atoms with Crippen LogP contribution >= 0.6 is 34.7 Å². The maximum absolute atomic E-state index is 14.1. The molecule has 6 rings (SSSR count). The van der Waals surface area contributed by atoms with Gasteiger partial charge in [-0.2, -0.15) is 0 Å². The molecule has 3 amide bonds. The zero-order valence-corrected chi connectivity index (χ0v) is 26.7. The maximum Gasteiger partial charge on any atom is 0.308 e. The number of aromatic nitrogens is 1. The minimum absolute atomic E-state index is 0.119. The molecule has 3 heterocycles. The molecule has 0 radical (unpaired) electrons. The van der Waals surface area contributed by atoms with Gasteiger partial charge >= 0.3 is 4.87 Å². The fraction of sp³-hybridized carbons (Fsp3) is 0.250. The van der Waals surface area contributed by atoms with Crippen molar-refractivity contribution in [2.24, 2.45) is 5.92 Å². The van der Waals surface area contributed by atoms with Gasteiger partial charge in [-0.1, -0.05) is 79.7 Å². The average Bonchev–Trinajstić information content (AvgIpc) is 3.44. The number of hydrogen-bond donors (Lipinski definition) is 1. The van der Waals surface area contributed by atoms with Crippen LogP contribution in [-0.2, 0) is 26.3 Å². The van der Waals surface area contributed by atoms with Gasteiger partial charge in [-0.15, -0.1) is 0 Å². The molecule has 2 aliphatic rings. The molecular formula is C32H27ClN4O6S2. The number of rotatable bonds is 6. The Bertz CT molecular complexity index is 1900. The van der Waals surface area contributed by atoms with Crippen molar-refractivity contribution in [1.29, 1.82) is 0 Å². The molecular weight excluding hydrogens is 636 g/mol. The minimum Gasteiger partial charge on any atom is -0.325 e. The molecule has 4 aromatic rings. The van der Waals surface area contributed by atoms with Gasteiger partial charge in [-0.05, 0) is 52.9 Å². The molecule has 1 aromatic heterocycles. The lowest BCUT2D eigenvalue weighted by Crippen LogP contribution is -2.33. The van der Waals surface area contributed by atoms with E-state index in [1.807, 2.05) is 24.3 Å². The van der Waals surface area contributed by atoms with Crippen molar-refractivity contribution in [3.63, 3.8) is 0 Å². The first-order valence-corrected chi connectivity index (χ1v) is 16.1. The highest BCUT2D eigenvalue weighted by Crippen LogP contribution is 2.54. The third-order valence-corrected chi connectivity index (χ3v) is 10.8. The number of thioether (sulfide) groups is 1. The molecule has 1 fully saturated rings. The van der Waals surface area contributed by atoms with E-state index in [4.69, 9.17) is 11.6 Å².